The Morgan fingerprint density at radius 2 is 1.55 bits per heavy atom. The number of hydrogen-bond acceptors (Lipinski definition) is 19. The van der Waals surface area contributed by atoms with E-state index in [9.17, 15) is 19.6 Å². The highest BCUT2D eigenvalue weighted by molar-refractivity contribution is 7.99. The fourth-order valence-corrected chi connectivity index (χ4v) is 12.7. The zero-order valence-electron chi connectivity index (χ0n) is 40.9. The first-order valence-electron chi connectivity index (χ1n) is 22.9. The van der Waals surface area contributed by atoms with Gasteiger partial charge in [0, 0.05) is 53.6 Å². The van der Waals surface area contributed by atoms with Crippen molar-refractivity contribution in [3.8, 4) is 46.3 Å². The van der Waals surface area contributed by atoms with E-state index in [0.717, 1.165) is 11.1 Å². The molecule has 3 aromatic rings. The lowest BCUT2D eigenvalue weighted by atomic mass is 9.71. The van der Waals surface area contributed by atoms with Gasteiger partial charge in [-0.25, -0.2) is 14.4 Å². The first-order valence-corrected chi connectivity index (χ1v) is 24.0. The van der Waals surface area contributed by atoms with Gasteiger partial charge in [0.15, 0.2) is 40.0 Å². The van der Waals surface area contributed by atoms with Crippen molar-refractivity contribution < 1.29 is 66.5 Å². The first-order chi connectivity index (χ1) is 32.6. The molecule has 7 aliphatic heterocycles. The van der Waals surface area contributed by atoms with E-state index in [1.165, 1.54) is 32.9 Å². The minimum Gasteiger partial charge on any atom is -0.493 e. The number of aryl methyl sites for hydroxylation is 1. The van der Waals surface area contributed by atoms with Crippen molar-refractivity contribution in [2.24, 2.45) is 0 Å². The summed E-state index contributed by atoms with van der Waals surface area (Å²) in [5.41, 5.74) is 2.07. The number of nitriles is 1. The molecule has 10 rings (SSSR count). The third-order valence-electron chi connectivity index (χ3n) is 13.6. The number of piperazine rings is 1. The Kier molecular flexibility index (Phi) is 12.2. The average molecular weight is 971 g/mol. The van der Waals surface area contributed by atoms with E-state index in [0.29, 0.717) is 70.0 Å². The van der Waals surface area contributed by atoms with Crippen molar-refractivity contribution in [2.45, 2.75) is 127 Å². The molecule has 3 aromatic carbocycles. The van der Waals surface area contributed by atoms with Crippen molar-refractivity contribution in [3.05, 3.63) is 62.7 Å². The van der Waals surface area contributed by atoms with Gasteiger partial charge in [-0.15, -0.1) is 11.8 Å². The molecule has 7 heterocycles. The quantitative estimate of drug-likeness (QED) is 0.116. The van der Waals surface area contributed by atoms with Crippen LogP contribution in [0.4, 0.5) is 9.59 Å². The lowest BCUT2D eigenvalue weighted by Crippen LogP contribution is -2.69. The molecule has 7 atom stereocenters. The van der Waals surface area contributed by atoms with Crippen molar-refractivity contribution >= 4 is 36.0 Å². The number of nitrogens with one attached hydrogen (secondary N) is 1. The smallest absolute Gasteiger partial charge is 0.493 e. The highest BCUT2D eigenvalue weighted by Crippen LogP contribution is 2.65. The van der Waals surface area contributed by atoms with E-state index >= 15 is 4.79 Å². The van der Waals surface area contributed by atoms with Gasteiger partial charge in [0.25, 0.3) is 0 Å². The molecule has 0 radical (unpaired) electrons. The number of rotatable bonds is 5. The van der Waals surface area contributed by atoms with E-state index in [-0.39, 0.29) is 42.2 Å². The Morgan fingerprint density at radius 1 is 0.855 bits per heavy atom. The predicted molar refractivity (Wildman–Crippen MR) is 248 cm³/mol. The molecule has 4 bridgehead atoms. The van der Waals surface area contributed by atoms with Crippen LogP contribution < -0.4 is 38.5 Å². The number of methoxy groups -OCH3 is 2. The van der Waals surface area contributed by atoms with Crippen molar-refractivity contribution in [2.75, 3.05) is 47.0 Å². The lowest BCUT2D eigenvalue weighted by Gasteiger charge is -2.62. The highest BCUT2D eigenvalue weighted by Gasteiger charge is 2.62. The Hall–Kier alpha value is -5.94. The number of hydrogen-bond donors (Lipinski definition) is 1. The van der Waals surface area contributed by atoms with Crippen LogP contribution in [-0.2, 0) is 42.2 Å². The molecule has 0 saturated carbocycles. The number of carbonyl (C=O) groups excluding carboxylic acids is 4. The minimum atomic E-state index is -1.50. The Balaban J connectivity index is 1.28. The van der Waals surface area contributed by atoms with E-state index < -0.39 is 76.4 Å². The number of thioether (sulfide) groups is 1. The van der Waals surface area contributed by atoms with Crippen LogP contribution in [0.15, 0.2) is 18.2 Å². The summed E-state index contributed by atoms with van der Waals surface area (Å²) in [5, 5.41) is 14.2. The number of benzene rings is 3. The Morgan fingerprint density at radius 3 is 2.20 bits per heavy atom. The second-order valence-electron chi connectivity index (χ2n) is 20.2. The molecule has 0 aromatic heterocycles. The summed E-state index contributed by atoms with van der Waals surface area (Å²) >= 11 is 1.42. The molecule has 2 fully saturated rings. The summed E-state index contributed by atoms with van der Waals surface area (Å²) in [6.07, 6.45) is -0.972. The van der Waals surface area contributed by atoms with Crippen LogP contribution in [0.25, 0.3) is 0 Å². The Bertz CT molecular complexity index is 2710. The molecular formula is C50H58N4O14S. The predicted octanol–water partition coefficient (Wildman–Crippen LogP) is 7.20. The fraction of sp³-hybridized carbons (Fsp3) is 0.540. The highest BCUT2D eigenvalue weighted by atomic mass is 32.2. The molecule has 1 unspecified atom stereocenters. The third kappa shape index (κ3) is 8.12. The molecule has 368 valence electrons. The molecule has 1 N–H and O–H groups in total. The monoisotopic (exact) mass is 970 g/mol. The molecule has 0 amide bonds. The molecule has 7 aliphatic rings. The molecule has 19 heteroatoms. The van der Waals surface area contributed by atoms with E-state index in [1.54, 1.807) is 53.7 Å². The fourth-order valence-electron chi connectivity index (χ4n) is 11.0. The number of nitrogens with zero attached hydrogens (tertiary/aromatic N) is 3. The number of ether oxygens (including phenoxy) is 10. The minimum absolute atomic E-state index is 0.0444. The maximum absolute atomic E-state index is 15.2. The molecule has 2 saturated heterocycles. The molecule has 69 heavy (non-hydrogen) atoms. The number of likely N-dealkylation sites (N-methyl/N-ethyl adjacent to an activating group) is 1. The standard InChI is InChI=1S/C50H58N4O14S/c1-23-15-27-16-29-30(19-51)54-31-20-61-45(56)50(28-18-32(59-11)33(17-26(28)13-14-52-50)65-46(57)67-48(4,5)6)21-69-44(36-35(31)42-41(62-22-63-42)24(2)40(36)64-25(3)55)38(54)37(53(29)10)34(27)43(39(23)60-12)66-47(58)68-49(7,8)9/h15,17-18,29-31,37-38,44,52H,13-14,16,20-22H2,1-12H3/t29-,30+,31+,37+,38?,44-,50-/m1/s1. The summed E-state index contributed by atoms with van der Waals surface area (Å²) in [6, 6.07) is 4.73. The summed E-state index contributed by atoms with van der Waals surface area (Å²) in [5.74, 6) is 0.818. The summed E-state index contributed by atoms with van der Waals surface area (Å²) in [4.78, 5) is 59.4. The molecule has 18 nitrogen and oxygen atoms in total. The van der Waals surface area contributed by atoms with Gasteiger partial charge in [0.05, 0.1) is 37.6 Å². The van der Waals surface area contributed by atoms with Crippen LogP contribution in [0.1, 0.15) is 110 Å². The summed E-state index contributed by atoms with van der Waals surface area (Å²) < 4.78 is 60.2. The van der Waals surface area contributed by atoms with Crippen LogP contribution in [0.2, 0.25) is 0 Å². The topological polar surface area (TPSA) is 203 Å². The largest absolute Gasteiger partial charge is 0.514 e. The van der Waals surface area contributed by atoms with Crippen molar-refractivity contribution in [3.63, 3.8) is 0 Å². The van der Waals surface area contributed by atoms with Gasteiger partial charge in [-0.1, -0.05) is 6.07 Å². The van der Waals surface area contributed by atoms with Crippen LogP contribution in [0, 0.1) is 25.2 Å². The van der Waals surface area contributed by atoms with Gasteiger partial charge in [-0.3, -0.25) is 19.9 Å². The van der Waals surface area contributed by atoms with Crippen molar-refractivity contribution in [1.29, 1.82) is 5.26 Å². The lowest BCUT2D eigenvalue weighted by molar-refractivity contribution is -0.157. The van der Waals surface area contributed by atoms with Gasteiger partial charge < -0.3 is 47.4 Å². The average Bonchev–Trinajstić information content (AvgIpc) is 3.75. The number of carbonyl (C=O) groups is 4. The van der Waals surface area contributed by atoms with Crippen LogP contribution in [0.3, 0.4) is 0 Å². The molecule has 0 aliphatic carbocycles. The number of esters is 2. The zero-order chi connectivity index (χ0) is 49.6. The number of fused-ring (bicyclic) bond motifs is 9. The SMILES string of the molecule is COc1cc2c(cc1OC(=O)OC(C)(C)C)CCN[C@]21CS[C@@H]2c3c(OC(C)=O)c(C)c4c(c3[C@H](COC1=O)N1C2[C@@H]2c3c(cc(C)c(OC)c3OC(=O)OC(C)(C)C)C[C@H]([C@@H]1C#N)N2C)OCO4. The van der Waals surface area contributed by atoms with E-state index in [4.69, 9.17) is 47.4 Å². The maximum Gasteiger partial charge on any atom is 0.514 e. The zero-order valence-corrected chi connectivity index (χ0v) is 41.7. The van der Waals surface area contributed by atoms with Crippen LogP contribution >= 0.6 is 11.8 Å². The van der Waals surface area contributed by atoms with E-state index in [2.05, 4.69) is 21.2 Å². The van der Waals surface area contributed by atoms with Gasteiger partial charge >= 0.3 is 24.2 Å². The van der Waals surface area contributed by atoms with E-state index in [1.807, 2.05) is 27.0 Å². The first kappa shape index (κ1) is 48.1. The van der Waals surface area contributed by atoms with Gasteiger partial charge in [0.2, 0.25) is 6.79 Å². The van der Waals surface area contributed by atoms with Gasteiger partial charge in [-0.2, -0.15) is 5.26 Å². The second-order valence-corrected chi connectivity index (χ2v) is 21.3. The normalized spacial score (nSPS) is 25.7. The summed E-state index contributed by atoms with van der Waals surface area (Å²) in [6.45, 7) is 15.4. The van der Waals surface area contributed by atoms with Crippen LogP contribution in [0.5, 0.6) is 40.2 Å². The van der Waals surface area contributed by atoms with Crippen molar-refractivity contribution in [1.82, 2.24) is 15.1 Å². The molecular weight excluding hydrogens is 913 g/mol. The Labute approximate surface area is 405 Å². The third-order valence-corrected chi connectivity index (χ3v) is 15.0. The second kappa shape index (κ2) is 17.5. The van der Waals surface area contributed by atoms with Crippen LogP contribution in [-0.4, -0.2) is 110 Å². The van der Waals surface area contributed by atoms with Gasteiger partial charge in [0.1, 0.15) is 29.6 Å². The maximum atomic E-state index is 15.2. The van der Waals surface area contributed by atoms with Gasteiger partial charge in [-0.05, 0) is 110 Å². The summed E-state index contributed by atoms with van der Waals surface area (Å²) in [7, 11) is 4.92. The molecule has 1 spiro atoms.